The second-order valence-corrected chi connectivity index (χ2v) is 5.34. The molecule has 16 heavy (non-hydrogen) atoms. The minimum Gasteiger partial charge on any atom is -0.396 e. The standard InChI is InChI=1S/C12H15Cl2NO/c13-10-1-2-11(14)9(5-10)6-12(8-16)3-4-15-7-12/h1-2,5,15-16H,3-4,6-8H2. The molecule has 1 saturated heterocycles. The van der Waals surface area contributed by atoms with Gasteiger partial charge >= 0.3 is 0 Å². The Morgan fingerprint density at radius 3 is 2.81 bits per heavy atom. The zero-order valence-corrected chi connectivity index (χ0v) is 10.5. The van der Waals surface area contributed by atoms with E-state index in [1.54, 1.807) is 6.07 Å². The van der Waals surface area contributed by atoms with Crippen LogP contribution in [-0.2, 0) is 6.42 Å². The van der Waals surface area contributed by atoms with Crippen molar-refractivity contribution in [1.29, 1.82) is 0 Å². The number of rotatable bonds is 3. The molecule has 2 nitrogen and oxygen atoms in total. The van der Waals surface area contributed by atoms with Crippen molar-refractivity contribution in [3.05, 3.63) is 33.8 Å². The molecule has 0 spiro atoms. The summed E-state index contributed by atoms with van der Waals surface area (Å²) in [5, 5.41) is 14.2. The average molecular weight is 260 g/mol. The molecule has 1 fully saturated rings. The van der Waals surface area contributed by atoms with Gasteiger partial charge in [-0.3, -0.25) is 0 Å². The van der Waals surface area contributed by atoms with E-state index in [0.29, 0.717) is 5.02 Å². The maximum absolute atomic E-state index is 9.52. The number of hydrogen-bond acceptors (Lipinski definition) is 2. The van der Waals surface area contributed by atoms with E-state index in [2.05, 4.69) is 5.32 Å². The second-order valence-electron chi connectivity index (χ2n) is 4.50. The molecule has 1 aromatic rings. The maximum Gasteiger partial charge on any atom is 0.0503 e. The summed E-state index contributed by atoms with van der Waals surface area (Å²) in [6, 6.07) is 5.48. The zero-order chi connectivity index (χ0) is 11.6. The molecule has 88 valence electrons. The third kappa shape index (κ3) is 2.51. The van der Waals surface area contributed by atoms with Crippen molar-refractivity contribution in [2.75, 3.05) is 19.7 Å². The second kappa shape index (κ2) is 4.92. The van der Waals surface area contributed by atoms with E-state index < -0.39 is 0 Å². The van der Waals surface area contributed by atoms with Crippen LogP contribution in [0.25, 0.3) is 0 Å². The maximum atomic E-state index is 9.52. The van der Waals surface area contributed by atoms with E-state index >= 15 is 0 Å². The number of hydrogen-bond donors (Lipinski definition) is 2. The van der Waals surface area contributed by atoms with Crippen LogP contribution in [0.4, 0.5) is 0 Å². The summed E-state index contributed by atoms with van der Waals surface area (Å²) in [5.74, 6) is 0. The first-order chi connectivity index (χ1) is 7.65. The minimum absolute atomic E-state index is 0.0751. The van der Waals surface area contributed by atoms with E-state index in [9.17, 15) is 5.11 Å². The van der Waals surface area contributed by atoms with Crippen molar-refractivity contribution in [3.8, 4) is 0 Å². The first kappa shape index (κ1) is 12.2. The molecule has 0 aliphatic carbocycles. The molecule has 0 aromatic heterocycles. The van der Waals surface area contributed by atoms with Gasteiger partial charge in [0, 0.05) is 22.0 Å². The summed E-state index contributed by atoms with van der Waals surface area (Å²) < 4.78 is 0. The molecule has 0 saturated carbocycles. The predicted octanol–water partition coefficient (Wildman–Crippen LogP) is 2.51. The van der Waals surface area contributed by atoms with Crippen LogP contribution >= 0.6 is 23.2 Å². The van der Waals surface area contributed by atoms with Gasteiger partial charge in [0.05, 0.1) is 6.61 Å². The zero-order valence-electron chi connectivity index (χ0n) is 8.97. The highest BCUT2D eigenvalue weighted by Gasteiger charge is 2.33. The number of aliphatic hydroxyl groups is 1. The van der Waals surface area contributed by atoms with Crippen molar-refractivity contribution < 1.29 is 5.11 Å². The highest BCUT2D eigenvalue weighted by Crippen LogP contribution is 2.33. The molecular weight excluding hydrogens is 245 g/mol. The van der Waals surface area contributed by atoms with Crippen LogP contribution < -0.4 is 5.32 Å². The normalized spacial score (nSPS) is 24.9. The molecular formula is C12H15Cl2NO. The molecule has 1 aliphatic rings. The lowest BCUT2D eigenvalue weighted by molar-refractivity contribution is 0.143. The lowest BCUT2D eigenvalue weighted by Crippen LogP contribution is -2.30. The summed E-state index contributed by atoms with van der Waals surface area (Å²) in [5.41, 5.74) is 0.945. The van der Waals surface area contributed by atoms with Crippen molar-refractivity contribution in [3.63, 3.8) is 0 Å². The summed E-state index contributed by atoms with van der Waals surface area (Å²) >= 11 is 12.1. The quantitative estimate of drug-likeness (QED) is 0.875. The fourth-order valence-electron chi connectivity index (χ4n) is 2.22. The topological polar surface area (TPSA) is 32.3 Å². The van der Waals surface area contributed by atoms with Crippen molar-refractivity contribution in [2.24, 2.45) is 5.41 Å². The highest BCUT2D eigenvalue weighted by molar-refractivity contribution is 6.33. The monoisotopic (exact) mass is 259 g/mol. The molecule has 1 atom stereocenters. The van der Waals surface area contributed by atoms with E-state index in [1.807, 2.05) is 12.1 Å². The fourth-order valence-corrected chi connectivity index (χ4v) is 2.60. The molecule has 2 N–H and O–H groups in total. The number of halogens is 2. The van der Waals surface area contributed by atoms with Gasteiger partial charge in [0.25, 0.3) is 0 Å². The van der Waals surface area contributed by atoms with Gasteiger partial charge in [0.15, 0.2) is 0 Å². The Hall–Kier alpha value is -0.280. The van der Waals surface area contributed by atoms with Gasteiger partial charge in [0.2, 0.25) is 0 Å². The van der Waals surface area contributed by atoms with Crippen LogP contribution in [0.2, 0.25) is 10.0 Å². The van der Waals surface area contributed by atoms with Gasteiger partial charge in [-0.05, 0) is 43.1 Å². The van der Waals surface area contributed by atoms with Crippen molar-refractivity contribution in [2.45, 2.75) is 12.8 Å². The minimum atomic E-state index is -0.0751. The van der Waals surface area contributed by atoms with E-state index in [1.165, 1.54) is 0 Å². The largest absolute Gasteiger partial charge is 0.396 e. The molecule has 2 rings (SSSR count). The molecule has 4 heteroatoms. The first-order valence-electron chi connectivity index (χ1n) is 5.41. The van der Waals surface area contributed by atoms with Crippen LogP contribution in [0.1, 0.15) is 12.0 Å². The van der Waals surface area contributed by atoms with Gasteiger partial charge in [-0.2, -0.15) is 0 Å². The Bertz CT molecular complexity index is 375. The Labute approximate surface area is 106 Å². The third-order valence-corrected chi connectivity index (χ3v) is 3.84. The highest BCUT2D eigenvalue weighted by atomic mass is 35.5. The van der Waals surface area contributed by atoms with Gasteiger partial charge in [0.1, 0.15) is 0 Å². The number of nitrogens with one attached hydrogen (secondary N) is 1. The van der Waals surface area contributed by atoms with Gasteiger partial charge in [-0.1, -0.05) is 23.2 Å². The molecule has 1 heterocycles. The van der Waals surface area contributed by atoms with E-state index in [0.717, 1.165) is 36.5 Å². The fraction of sp³-hybridized carbons (Fsp3) is 0.500. The molecule has 1 unspecified atom stereocenters. The number of aliphatic hydroxyl groups excluding tert-OH is 1. The number of benzene rings is 1. The van der Waals surface area contributed by atoms with Crippen LogP contribution in [0, 0.1) is 5.41 Å². The average Bonchev–Trinajstić information content (AvgIpc) is 2.73. The molecule has 0 bridgehead atoms. The summed E-state index contributed by atoms with van der Waals surface area (Å²) in [6.07, 6.45) is 1.75. The first-order valence-corrected chi connectivity index (χ1v) is 6.16. The van der Waals surface area contributed by atoms with Crippen LogP contribution in [0.3, 0.4) is 0 Å². The summed E-state index contributed by atoms with van der Waals surface area (Å²) in [7, 11) is 0. The van der Waals surface area contributed by atoms with Gasteiger partial charge in [-0.25, -0.2) is 0 Å². The van der Waals surface area contributed by atoms with Crippen molar-refractivity contribution >= 4 is 23.2 Å². The van der Waals surface area contributed by atoms with Gasteiger partial charge in [-0.15, -0.1) is 0 Å². The lowest BCUT2D eigenvalue weighted by Gasteiger charge is -2.26. The van der Waals surface area contributed by atoms with Crippen molar-refractivity contribution in [1.82, 2.24) is 5.32 Å². The van der Waals surface area contributed by atoms with Crippen LogP contribution in [-0.4, -0.2) is 24.8 Å². The summed E-state index contributed by atoms with van der Waals surface area (Å²) in [4.78, 5) is 0. The third-order valence-electron chi connectivity index (χ3n) is 3.24. The van der Waals surface area contributed by atoms with E-state index in [-0.39, 0.29) is 12.0 Å². The van der Waals surface area contributed by atoms with Gasteiger partial charge < -0.3 is 10.4 Å². The molecule has 1 aromatic carbocycles. The Balaban J connectivity index is 2.21. The Kier molecular flexibility index (Phi) is 3.75. The van der Waals surface area contributed by atoms with Crippen LogP contribution in [0.5, 0.6) is 0 Å². The SMILES string of the molecule is OCC1(Cc2cc(Cl)ccc2Cl)CCNC1. The Morgan fingerprint density at radius 1 is 1.38 bits per heavy atom. The summed E-state index contributed by atoms with van der Waals surface area (Å²) in [6.45, 7) is 1.98. The molecule has 0 amide bonds. The van der Waals surface area contributed by atoms with Crippen LogP contribution in [0.15, 0.2) is 18.2 Å². The predicted molar refractivity (Wildman–Crippen MR) is 67.2 cm³/mol. The lowest BCUT2D eigenvalue weighted by atomic mass is 9.81. The Morgan fingerprint density at radius 2 is 2.19 bits per heavy atom. The molecule has 1 aliphatic heterocycles. The smallest absolute Gasteiger partial charge is 0.0503 e. The van der Waals surface area contributed by atoms with E-state index in [4.69, 9.17) is 23.2 Å². The molecule has 0 radical (unpaired) electrons.